The molecule has 4 saturated carbocycles. The predicted octanol–water partition coefficient (Wildman–Crippen LogP) is 3.11. The molecule has 1 aromatic carbocycles. The zero-order chi connectivity index (χ0) is 23.3. The fourth-order valence-corrected chi connectivity index (χ4v) is 7.56. The molecule has 4 bridgehead atoms. The van der Waals surface area contributed by atoms with Crippen molar-refractivity contribution < 1.29 is 19.2 Å². The number of nitrogens with zero attached hydrogens (tertiary/aromatic N) is 4. The second-order valence-electron chi connectivity index (χ2n) is 11.3. The van der Waals surface area contributed by atoms with Gasteiger partial charge in [0.15, 0.2) is 0 Å². The van der Waals surface area contributed by atoms with E-state index < -0.39 is 5.60 Å². The lowest BCUT2D eigenvalue weighted by Gasteiger charge is -2.60. The summed E-state index contributed by atoms with van der Waals surface area (Å²) in [4.78, 5) is 22.1. The number of carbonyl (C=O) groups excluding carboxylic acids is 1. The maximum atomic E-state index is 13.2. The Labute approximate surface area is 200 Å². The lowest BCUT2D eigenvalue weighted by atomic mass is 9.47. The van der Waals surface area contributed by atoms with Gasteiger partial charge in [0.2, 0.25) is 17.6 Å². The maximum absolute atomic E-state index is 13.2. The smallest absolute Gasteiger partial charge is 0.241 e. The van der Waals surface area contributed by atoms with Crippen molar-refractivity contribution in [2.45, 2.75) is 57.1 Å². The number of hydrogen-bond donors (Lipinski definition) is 1. The Morgan fingerprint density at radius 1 is 1.12 bits per heavy atom. The van der Waals surface area contributed by atoms with E-state index in [4.69, 9.17) is 9.26 Å². The third-order valence-corrected chi connectivity index (χ3v) is 8.58. The number of piperazine rings is 1. The standard InChI is InChI=1S/C26H34N4O4/c1-33-21-4-2-20(3-5-21)24-27-22(34-28-24)16-29-6-8-30(9-7-29)23(31)15-25-11-18-10-19(12-25)14-26(32,13-18)17-25/h2-5,18-19,32H,6-17H2,1H3. The lowest BCUT2D eigenvalue weighted by Crippen LogP contribution is -2.57. The van der Waals surface area contributed by atoms with Crippen molar-refractivity contribution >= 4 is 5.91 Å². The molecular weight excluding hydrogens is 432 g/mol. The van der Waals surface area contributed by atoms with E-state index in [9.17, 15) is 9.90 Å². The molecule has 8 heteroatoms. The summed E-state index contributed by atoms with van der Waals surface area (Å²) in [6, 6.07) is 7.59. The summed E-state index contributed by atoms with van der Waals surface area (Å²) < 4.78 is 10.7. The van der Waals surface area contributed by atoms with Gasteiger partial charge in [0.05, 0.1) is 19.3 Å². The Morgan fingerprint density at radius 3 is 2.47 bits per heavy atom. The average Bonchev–Trinajstić information content (AvgIpc) is 3.26. The van der Waals surface area contributed by atoms with Gasteiger partial charge in [0, 0.05) is 38.2 Å². The van der Waals surface area contributed by atoms with E-state index in [0.717, 1.165) is 69.6 Å². The van der Waals surface area contributed by atoms with Gasteiger partial charge >= 0.3 is 0 Å². The van der Waals surface area contributed by atoms with Crippen LogP contribution in [0.4, 0.5) is 0 Å². The molecule has 5 aliphatic rings. The maximum Gasteiger partial charge on any atom is 0.241 e. The van der Waals surface area contributed by atoms with Crippen LogP contribution in [-0.4, -0.2) is 69.8 Å². The molecule has 0 radical (unpaired) electrons. The summed E-state index contributed by atoms with van der Waals surface area (Å²) in [5.41, 5.74) is 0.424. The van der Waals surface area contributed by atoms with Crippen molar-refractivity contribution in [1.29, 1.82) is 0 Å². The Hall–Kier alpha value is -2.45. The largest absolute Gasteiger partial charge is 0.497 e. The summed E-state index contributed by atoms with van der Waals surface area (Å²) in [5, 5.41) is 15.1. The third kappa shape index (κ3) is 4.22. The number of benzene rings is 1. The first-order valence-electron chi connectivity index (χ1n) is 12.6. The number of hydrogen-bond acceptors (Lipinski definition) is 7. The number of rotatable bonds is 6. The highest BCUT2D eigenvalue weighted by Gasteiger charge is 2.57. The van der Waals surface area contributed by atoms with Gasteiger partial charge in [-0.15, -0.1) is 0 Å². The molecule has 4 aliphatic carbocycles. The van der Waals surface area contributed by atoms with Crippen LogP contribution >= 0.6 is 0 Å². The van der Waals surface area contributed by atoms with Crippen LogP contribution in [0.15, 0.2) is 28.8 Å². The van der Waals surface area contributed by atoms with E-state index in [1.165, 1.54) is 6.42 Å². The minimum Gasteiger partial charge on any atom is -0.497 e. The monoisotopic (exact) mass is 466 g/mol. The van der Waals surface area contributed by atoms with Gasteiger partial charge < -0.3 is 19.3 Å². The Kier molecular flexibility index (Phi) is 5.41. The first-order valence-corrected chi connectivity index (χ1v) is 12.6. The van der Waals surface area contributed by atoms with Gasteiger partial charge in [0.25, 0.3) is 0 Å². The molecule has 34 heavy (non-hydrogen) atoms. The second-order valence-corrected chi connectivity index (χ2v) is 11.3. The van der Waals surface area contributed by atoms with Gasteiger partial charge in [0.1, 0.15) is 5.75 Å². The normalized spacial score (nSPS) is 32.8. The molecule has 2 aromatic rings. The minimum atomic E-state index is -0.502. The van der Waals surface area contributed by atoms with E-state index in [0.29, 0.717) is 36.5 Å². The van der Waals surface area contributed by atoms with Crippen molar-refractivity contribution in [3.63, 3.8) is 0 Å². The third-order valence-electron chi connectivity index (χ3n) is 8.58. The zero-order valence-corrected chi connectivity index (χ0v) is 19.9. The highest BCUT2D eigenvalue weighted by molar-refractivity contribution is 5.77. The van der Waals surface area contributed by atoms with E-state index >= 15 is 0 Å². The van der Waals surface area contributed by atoms with Crippen LogP contribution in [0.5, 0.6) is 5.75 Å². The molecule has 1 saturated heterocycles. The molecule has 2 heterocycles. The SMILES string of the molecule is COc1ccc(-c2noc(CN3CCN(C(=O)CC45CC6CC(CC(O)(C6)C4)C5)CC3)n2)cc1. The van der Waals surface area contributed by atoms with E-state index in [1.807, 2.05) is 29.2 Å². The van der Waals surface area contributed by atoms with Gasteiger partial charge in [-0.25, -0.2) is 0 Å². The predicted molar refractivity (Wildman–Crippen MR) is 125 cm³/mol. The number of ether oxygens (including phenoxy) is 1. The highest BCUT2D eigenvalue weighted by atomic mass is 16.5. The summed E-state index contributed by atoms with van der Waals surface area (Å²) in [7, 11) is 1.64. The fourth-order valence-electron chi connectivity index (χ4n) is 7.56. The van der Waals surface area contributed by atoms with Gasteiger partial charge in [-0.05, 0) is 80.0 Å². The number of amides is 1. The first-order chi connectivity index (χ1) is 16.4. The molecule has 7 rings (SSSR count). The molecule has 0 spiro atoms. The van der Waals surface area contributed by atoms with Crippen LogP contribution in [0.1, 0.15) is 50.8 Å². The molecule has 2 atom stereocenters. The number of aromatic nitrogens is 2. The molecule has 182 valence electrons. The molecule has 1 aliphatic heterocycles. The zero-order valence-electron chi connectivity index (χ0n) is 19.9. The Morgan fingerprint density at radius 2 is 1.82 bits per heavy atom. The molecule has 5 fully saturated rings. The first kappa shape index (κ1) is 22.0. The quantitative estimate of drug-likeness (QED) is 0.699. The summed E-state index contributed by atoms with van der Waals surface area (Å²) in [6.45, 7) is 3.64. The molecule has 1 amide bonds. The fraction of sp³-hybridized carbons (Fsp3) is 0.654. The van der Waals surface area contributed by atoms with Crippen molar-refractivity contribution in [2.24, 2.45) is 17.3 Å². The van der Waals surface area contributed by atoms with Crippen LogP contribution in [0, 0.1) is 17.3 Å². The topological polar surface area (TPSA) is 91.9 Å². The number of aliphatic hydroxyl groups is 1. The summed E-state index contributed by atoms with van der Waals surface area (Å²) in [5.74, 6) is 3.46. The minimum absolute atomic E-state index is 0.0364. The van der Waals surface area contributed by atoms with Crippen LogP contribution in [0.25, 0.3) is 11.4 Å². The average molecular weight is 467 g/mol. The number of methoxy groups -OCH3 is 1. The van der Waals surface area contributed by atoms with E-state index in [1.54, 1.807) is 7.11 Å². The molecule has 8 nitrogen and oxygen atoms in total. The van der Waals surface area contributed by atoms with Crippen molar-refractivity contribution in [3.8, 4) is 17.1 Å². The Balaban J connectivity index is 1.02. The van der Waals surface area contributed by atoms with Gasteiger partial charge in [-0.3, -0.25) is 9.69 Å². The highest BCUT2D eigenvalue weighted by Crippen LogP contribution is 2.62. The van der Waals surface area contributed by atoms with Crippen LogP contribution in [-0.2, 0) is 11.3 Å². The van der Waals surface area contributed by atoms with Crippen molar-refractivity contribution in [3.05, 3.63) is 30.2 Å². The van der Waals surface area contributed by atoms with Gasteiger partial charge in [-0.1, -0.05) is 5.16 Å². The Bertz CT molecular complexity index is 1030. The van der Waals surface area contributed by atoms with Crippen molar-refractivity contribution in [1.82, 2.24) is 19.9 Å². The molecule has 1 N–H and O–H groups in total. The van der Waals surface area contributed by atoms with Crippen LogP contribution < -0.4 is 4.74 Å². The van der Waals surface area contributed by atoms with Crippen molar-refractivity contribution in [2.75, 3.05) is 33.3 Å². The summed E-state index contributed by atoms with van der Waals surface area (Å²) in [6.07, 6.45) is 6.86. The second kappa shape index (κ2) is 8.34. The van der Waals surface area contributed by atoms with Gasteiger partial charge in [-0.2, -0.15) is 4.98 Å². The number of carbonyl (C=O) groups is 1. The van der Waals surface area contributed by atoms with Crippen LogP contribution in [0.2, 0.25) is 0 Å². The molecule has 1 aromatic heterocycles. The van der Waals surface area contributed by atoms with E-state index in [2.05, 4.69) is 15.0 Å². The molecular formula is C26H34N4O4. The summed E-state index contributed by atoms with van der Waals surface area (Å²) >= 11 is 0. The lowest BCUT2D eigenvalue weighted by molar-refractivity contribution is -0.172. The van der Waals surface area contributed by atoms with Crippen LogP contribution in [0.3, 0.4) is 0 Å². The van der Waals surface area contributed by atoms with E-state index in [-0.39, 0.29) is 11.3 Å². The molecule has 2 unspecified atom stereocenters.